The third-order valence-electron chi connectivity index (χ3n) is 8.50. The largest absolute Gasteiger partial charge is 0.310 e. The fourth-order valence-electron chi connectivity index (χ4n) is 6.49. The van der Waals surface area contributed by atoms with Crippen LogP contribution in [0.1, 0.15) is 12.3 Å². The van der Waals surface area contributed by atoms with Crippen molar-refractivity contribution in [2.24, 2.45) is 0 Å². The van der Waals surface area contributed by atoms with E-state index >= 15 is 0 Å². The highest BCUT2D eigenvalue weighted by Crippen LogP contribution is 2.43. The molecule has 0 atom stereocenters. The van der Waals surface area contributed by atoms with Crippen molar-refractivity contribution in [3.8, 4) is 16.8 Å². The average molecular weight is 596 g/mol. The molecule has 0 fully saturated rings. The van der Waals surface area contributed by atoms with E-state index in [4.69, 9.17) is 9.60 Å². The predicted molar refractivity (Wildman–Crippen MR) is 196 cm³/mol. The first kappa shape index (κ1) is 18.6. The molecular weight excluding hydrogens is 556 g/mol. The predicted octanol–water partition coefficient (Wildman–Crippen LogP) is 12.2. The molecule has 2 nitrogen and oxygen atoms in total. The minimum absolute atomic E-state index is 0.0910. The van der Waals surface area contributed by atoms with Crippen LogP contribution in [0.25, 0.3) is 60.2 Å². The second-order valence-corrected chi connectivity index (χ2v) is 11.1. The van der Waals surface area contributed by atoms with Gasteiger partial charge in [-0.2, -0.15) is 0 Å². The molecule has 8 aromatic carbocycles. The van der Waals surface area contributed by atoms with Crippen molar-refractivity contribution in [3.63, 3.8) is 0 Å². The van der Waals surface area contributed by atoms with Crippen molar-refractivity contribution in [1.29, 1.82) is 0 Å². The van der Waals surface area contributed by atoms with Gasteiger partial charge in [0.2, 0.25) is 0 Å². The van der Waals surface area contributed by atoms with E-state index in [0.717, 1.165) is 49.0 Å². The maximum absolute atomic E-state index is 9.55. The molecule has 0 bridgehead atoms. The standard InChI is InChI=1S/C44H30N2/c1-4-13-31(14-5-1)34-16-12-21-37(29-34)45(35-17-6-2-7-18-35)38-26-23-33-24-27-40-43-39-22-11-10-15-32(39)25-28-42(43)46(44(40)41(33)30-38)36-19-8-3-9-20-36/h1-30H/i2D,6D,7D,12D,16D,17D,18D,21D,29D. The van der Waals surface area contributed by atoms with E-state index in [9.17, 15) is 2.74 Å². The number of hydrogen-bond acceptors (Lipinski definition) is 1. The van der Waals surface area contributed by atoms with Crippen LogP contribution in [-0.4, -0.2) is 4.57 Å². The summed E-state index contributed by atoms with van der Waals surface area (Å²) in [5, 5.41) is 5.86. The third-order valence-corrected chi connectivity index (χ3v) is 8.50. The molecule has 1 aromatic heterocycles. The molecule has 0 aliphatic heterocycles. The number of benzene rings is 8. The van der Waals surface area contributed by atoms with E-state index in [1.165, 1.54) is 4.90 Å². The molecule has 0 spiro atoms. The summed E-state index contributed by atoms with van der Waals surface area (Å²) in [6.45, 7) is 0. The maximum Gasteiger partial charge on any atom is 0.0651 e. The van der Waals surface area contributed by atoms with Gasteiger partial charge in [0.15, 0.2) is 0 Å². The van der Waals surface area contributed by atoms with Gasteiger partial charge in [-0.05, 0) is 81.8 Å². The Morgan fingerprint density at radius 2 is 1.17 bits per heavy atom. The minimum atomic E-state index is -0.580. The van der Waals surface area contributed by atoms with Crippen LogP contribution >= 0.6 is 0 Å². The quantitative estimate of drug-likeness (QED) is 0.192. The van der Waals surface area contributed by atoms with Gasteiger partial charge in [0.25, 0.3) is 0 Å². The first-order valence-corrected chi connectivity index (χ1v) is 15.0. The Kier molecular flexibility index (Phi) is 4.37. The summed E-state index contributed by atoms with van der Waals surface area (Å²) in [7, 11) is 0. The Balaban J connectivity index is 1.44. The number of aromatic nitrogens is 1. The van der Waals surface area contributed by atoms with Crippen molar-refractivity contribution < 1.29 is 12.3 Å². The molecule has 0 saturated heterocycles. The number of para-hydroxylation sites is 2. The topological polar surface area (TPSA) is 8.17 Å². The van der Waals surface area contributed by atoms with Gasteiger partial charge >= 0.3 is 0 Å². The van der Waals surface area contributed by atoms with Gasteiger partial charge < -0.3 is 9.47 Å². The van der Waals surface area contributed by atoms with Gasteiger partial charge in [0.05, 0.1) is 23.4 Å². The van der Waals surface area contributed by atoms with E-state index in [2.05, 4.69) is 34.9 Å². The number of nitrogens with zero attached hydrogens (tertiary/aromatic N) is 2. The van der Waals surface area contributed by atoms with Crippen LogP contribution in [0.4, 0.5) is 17.1 Å². The van der Waals surface area contributed by atoms with Crippen LogP contribution < -0.4 is 4.90 Å². The lowest BCUT2D eigenvalue weighted by Crippen LogP contribution is -2.10. The molecule has 0 aliphatic carbocycles. The lowest BCUT2D eigenvalue weighted by atomic mass is 10.0. The molecule has 0 unspecified atom stereocenters. The molecule has 0 radical (unpaired) electrons. The molecule has 0 N–H and O–H groups in total. The fourth-order valence-corrected chi connectivity index (χ4v) is 6.49. The lowest BCUT2D eigenvalue weighted by Gasteiger charge is -2.26. The molecular formula is C44H30N2. The SMILES string of the molecule is [2H]c1c([2H])c([2H])c(N(c2ccc3ccc4c5c6ccccc6ccc5n(-c5ccccc5)c4c3c2)c2c([2H])c([2H])c([2H])c(-c3ccccc3)c2[2H])c([2H])c1[2H]. The summed E-state index contributed by atoms with van der Waals surface area (Å²) in [5.41, 5.74) is 3.22. The molecule has 46 heavy (non-hydrogen) atoms. The van der Waals surface area contributed by atoms with Gasteiger partial charge in [0.1, 0.15) is 0 Å². The van der Waals surface area contributed by atoms with Crippen LogP contribution in [0.3, 0.4) is 0 Å². The summed E-state index contributed by atoms with van der Waals surface area (Å²) in [6, 6.07) is 36.4. The van der Waals surface area contributed by atoms with E-state index in [1.807, 2.05) is 60.7 Å². The van der Waals surface area contributed by atoms with Crippen molar-refractivity contribution in [2.75, 3.05) is 4.90 Å². The number of rotatable bonds is 5. The maximum atomic E-state index is 9.55. The first-order valence-electron chi connectivity index (χ1n) is 19.5. The summed E-state index contributed by atoms with van der Waals surface area (Å²) in [6.07, 6.45) is 0. The van der Waals surface area contributed by atoms with Crippen LogP contribution in [0.15, 0.2) is 182 Å². The van der Waals surface area contributed by atoms with E-state index in [1.54, 1.807) is 36.4 Å². The van der Waals surface area contributed by atoms with Gasteiger partial charge in [-0.25, -0.2) is 0 Å². The summed E-state index contributed by atoms with van der Waals surface area (Å²) >= 11 is 0. The third kappa shape index (κ3) is 4.27. The lowest BCUT2D eigenvalue weighted by molar-refractivity contribution is 1.19. The van der Waals surface area contributed by atoms with Crippen molar-refractivity contribution in [3.05, 3.63) is 182 Å². The van der Waals surface area contributed by atoms with Crippen LogP contribution in [-0.2, 0) is 0 Å². The van der Waals surface area contributed by atoms with Crippen molar-refractivity contribution >= 4 is 60.4 Å². The zero-order valence-electron chi connectivity index (χ0n) is 33.5. The summed E-state index contributed by atoms with van der Waals surface area (Å²) < 4.78 is 82.5. The fraction of sp³-hybridized carbons (Fsp3) is 0. The smallest absolute Gasteiger partial charge is 0.0651 e. The first-order chi connectivity index (χ1) is 26.6. The Labute approximate surface area is 280 Å². The molecule has 2 heteroatoms. The second-order valence-electron chi connectivity index (χ2n) is 11.1. The highest BCUT2D eigenvalue weighted by atomic mass is 15.1. The van der Waals surface area contributed by atoms with Gasteiger partial charge in [-0.15, -0.1) is 0 Å². The minimum Gasteiger partial charge on any atom is -0.310 e. The normalized spacial score (nSPS) is 14.2. The molecule has 9 aromatic rings. The van der Waals surface area contributed by atoms with E-state index < -0.39 is 42.3 Å². The second kappa shape index (κ2) is 10.8. The Bertz CT molecular complexity index is 3010. The highest BCUT2D eigenvalue weighted by molar-refractivity contribution is 6.26. The van der Waals surface area contributed by atoms with Crippen molar-refractivity contribution in [2.45, 2.75) is 0 Å². The van der Waals surface area contributed by atoms with Gasteiger partial charge in [-0.3, -0.25) is 0 Å². The Morgan fingerprint density at radius 1 is 0.478 bits per heavy atom. The Morgan fingerprint density at radius 3 is 2.02 bits per heavy atom. The molecule has 9 rings (SSSR count). The molecule has 216 valence electrons. The van der Waals surface area contributed by atoms with Gasteiger partial charge in [-0.1, -0.05) is 127 Å². The van der Waals surface area contributed by atoms with Crippen molar-refractivity contribution in [1.82, 2.24) is 4.57 Å². The van der Waals surface area contributed by atoms with Crippen LogP contribution in [0.5, 0.6) is 0 Å². The summed E-state index contributed by atoms with van der Waals surface area (Å²) in [5.74, 6) is 0. The number of fused-ring (bicyclic) bond motifs is 7. The molecule has 0 aliphatic rings. The zero-order chi connectivity index (χ0) is 38.3. The van der Waals surface area contributed by atoms with Crippen LogP contribution in [0.2, 0.25) is 0 Å². The zero-order valence-corrected chi connectivity index (χ0v) is 24.5. The molecule has 0 amide bonds. The van der Waals surface area contributed by atoms with E-state index in [0.29, 0.717) is 11.3 Å². The Hall–Kier alpha value is -6.12. The number of hydrogen-bond donors (Lipinski definition) is 0. The molecule has 0 saturated carbocycles. The van der Waals surface area contributed by atoms with E-state index in [-0.39, 0.29) is 29.0 Å². The number of anilines is 3. The van der Waals surface area contributed by atoms with Gasteiger partial charge in [0, 0.05) is 38.9 Å². The average Bonchev–Trinajstić information content (AvgIpc) is 3.57. The highest BCUT2D eigenvalue weighted by Gasteiger charge is 2.19. The van der Waals surface area contributed by atoms with Crippen LogP contribution in [0, 0.1) is 0 Å². The monoisotopic (exact) mass is 595 g/mol. The summed E-state index contributed by atoms with van der Waals surface area (Å²) in [4.78, 5) is 1.33. The molecule has 1 heterocycles.